The summed E-state index contributed by atoms with van der Waals surface area (Å²) in [6, 6.07) is 5.31. The minimum absolute atomic E-state index is 0.0422. The predicted molar refractivity (Wildman–Crippen MR) is 66.1 cm³/mol. The lowest BCUT2D eigenvalue weighted by Gasteiger charge is -2.17. The summed E-state index contributed by atoms with van der Waals surface area (Å²) >= 11 is 0. The number of benzene rings is 1. The highest BCUT2D eigenvalue weighted by atomic mass is 16.5. The second-order valence-electron chi connectivity index (χ2n) is 3.76. The van der Waals surface area contributed by atoms with Gasteiger partial charge in [-0.2, -0.15) is 0 Å². The fourth-order valence-corrected chi connectivity index (χ4v) is 1.48. The van der Waals surface area contributed by atoms with Gasteiger partial charge < -0.3 is 15.4 Å². The first-order valence-corrected chi connectivity index (χ1v) is 5.45. The predicted octanol–water partition coefficient (Wildman–Crippen LogP) is 0.505. The summed E-state index contributed by atoms with van der Waals surface area (Å²) in [5, 5.41) is 5.29. The molecule has 1 heterocycles. The molecule has 1 aliphatic heterocycles. The van der Waals surface area contributed by atoms with E-state index >= 15 is 0 Å². The highest BCUT2D eigenvalue weighted by Gasteiger charge is 2.15. The van der Waals surface area contributed by atoms with Crippen LogP contribution in [0.15, 0.2) is 18.2 Å². The van der Waals surface area contributed by atoms with Crippen LogP contribution in [0.3, 0.4) is 0 Å². The van der Waals surface area contributed by atoms with E-state index in [1.54, 1.807) is 18.2 Å². The third-order valence-corrected chi connectivity index (χ3v) is 2.27. The average Bonchev–Trinajstić information content (AvgIpc) is 2.34. The topological polar surface area (TPSA) is 67.4 Å². The van der Waals surface area contributed by atoms with Crippen LogP contribution >= 0.6 is 0 Å². The van der Waals surface area contributed by atoms with E-state index in [1.165, 1.54) is 6.92 Å². The highest BCUT2D eigenvalue weighted by molar-refractivity contribution is 5.95. The molecule has 18 heavy (non-hydrogen) atoms. The Morgan fingerprint density at radius 1 is 1.56 bits per heavy atom. The minimum atomic E-state index is -0.175. The standard InChI is InChI=1S/C13H12N2O3/c1-9(16)14-6-2-3-10-4-5-12-11(7-10)15-13(17)8-18-12/h4-5,7H,6,8H2,1H3,(H,14,16)(H,15,17). The Morgan fingerprint density at radius 3 is 3.17 bits per heavy atom. The number of rotatable bonds is 1. The van der Waals surface area contributed by atoms with Crippen LogP contribution in [0.25, 0.3) is 0 Å². The van der Waals surface area contributed by atoms with Crippen molar-refractivity contribution >= 4 is 17.5 Å². The molecule has 0 unspecified atom stereocenters. The van der Waals surface area contributed by atoms with Gasteiger partial charge in [0.1, 0.15) is 5.75 Å². The van der Waals surface area contributed by atoms with Gasteiger partial charge >= 0.3 is 0 Å². The maximum absolute atomic E-state index is 11.2. The lowest BCUT2D eigenvalue weighted by molar-refractivity contribution is -0.119. The molecule has 0 aromatic heterocycles. The first-order valence-electron chi connectivity index (χ1n) is 5.45. The van der Waals surface area contributed by atoms with Gasteiger partial charge in [0.15, 0.2) is 6.61 Å². The molecule has 0 radical (unpaired) electrons. The van der Waals surface area contributed by atoms with E-state index in [4.69, 9.17) is 4.74 Å². The van der Waals surface area contributed by atoms with Crippen LogP contribution in [0.4, 0.5) is 5.69 Å². The van der Waals surface area contributed by atoms with Crippen LogP contribution in [0.5, 0.6) is 5.75 Å². The Balaban J connectivity index is 2.08. The molecule has 0 fully saturated rings. The lowest BCUT2D eigenvalue weighted by Crippen LogP contribution is -2.25. The average molecular weight is 244 g/mol. The van der Waals surface area contributed by atoms with Crippen molar-refractivity contribution < 1.29 is 14.3 Å². The van der Waals surface area contributed by atoms with Crippen LogP contribution in [0.1, 0.15) is 12.5 Å². The molecule has 1 aromatic carbocycles. The number of carbonyl (C=O) groups is 2. The second-order valence-corrected chi connectivity index (χ2v) is 3.76. The van der Waals surface area contributed by atoms with Gasteiger partial charge in [-0.15, -0.1) is 0 Å². The van der Waals surface area contributed by atoms with Gasteiger partial charge in [-0.25, -0.2) is 0 Å². The fourth-order valence-electron chi connectivity index (χ4n) is 1.48. The third-order valence-electron chi connectivity index (χ3n) is 2.27. The first kappa shape index (κ1) is 12.0. The summed E-state index contributed by atoms with van der Waals surface area (Å²) in [5.41, 5.74) is 1.38. The Kier molecular flexibility index (Phi) is 3.49. The summed E-state index contributed by atoms with van der Waals surface area (Å²) < 4.78 is 5.23. The molecule has 0 aliphatic carbocycles. The van der Waals surface area contributed by atoms with E-state index in [0.29, 0.717) is 18.0 Å². The molecule has 0 atom stereocenters. The molecule has 1 aromatic rings. The molecule has 5 heteroatoms. The van der Waals surface area contributed by atoms with Gasteiger partial charge in [0.05, 0.1) is 12.2 Å². The van der Waals surface area contributed by atoms with Gasteiger partial charge in [0, 0.05) is 12.5 Å². The van der Waals surface area contributed by atoms with E-state index < -0.39 is 0 Å². The second kappa shape index (κ2) is 5.23. The quantitative estimate of drug-likeness (QED) is 0.707. The molecule has 0 spiro atoms. The molecular weight excluding hydrogens is 232 g/mol. The molecule has 92 valence electrons. The number of hydrogen-bond donors (Lipinski definition) is 2. The van der Waals surface area contributed by atoms with Gasteiger partial charge in [0.2, 0.25) is 5.91 Å². The molecule has 1 aliphatic rings. The Hall–Kier alpha value is -2.48. The van der Waals surface area contributed by atoms with Gasteiger partial charge in [0.25, 0.3) is 5.91 Å². The summed E-state index contributed by atoms with van der Waals surface area (Å²) in [6.07, 6.45) is 0. The van der Waals surface area contributed by atoms with Crippen LogP contribution in [-0.2, 0) is 9.59 Å². The molecule has 2 N–H and O–H groups in total. The zero-order valence-corrected chi connectivity index (χ0v) is 9.87. The van der Waals surface area contributed by atoms with E-state index in [2.05, 4.69) is 22.5 Å². The molecule has 0 saturated carbocycles. The maximum atomic E-state index is 11.2. The summed E-state index contributed by atoms with van der Waals surface area (Å²) in [4.78, 5) is 21.8. The van der Waals surface area contributed by atoms with Crippen LogP contribution in [-0.4, -0.2) is 25.0 Å². The van der Waals surface area contributed by atoms with Gasteiger partial charge in [-0.1, -0.05) is 11.8 Å². The molecule has 0 saturated heterocycles. The molecule has 0 bridgehead atoms. The van der Waals surface area contributed by atoms with Crippen LogP contribution < -0.4 is 15.4 Å². The zero-order valence-electron chi connectivity index (χ0n) is 9.87. The fraction of sp³-hybridized carbons (Fsp3) is 0.231. The monoisotopic (exact) mass is 244 g/mol. The van der Waals surface area contributed by atoms with E-state index in [1.807, 2.05) is 0 Å². The number of fused-ring (bicyclic) bond motifs is 1. The van der Waals surface area contributed by atoms with Crippen LogP contribution in [0.2, 0.25) is 0 Å². The smallest absolute Gasteiger partial charge is 0.262 e. The van der Waals surface area contributed by atoms with Crippen molar-refractivity contribution in [2.24, 2.45) is 0 Å². The number of hydrogen-bond acceptors (Lipinski definition) is 3. The molecule has 5 nitrogen and oxygen atoms in total. The van der Waals surface area contributed by atoms with Crippen molar-refractivity contribution in [3.05, 3.63) is 23.8 Å². The number of anilines is 1. The molecular formula is C13H12N2O3. The van der Waals surface area contributed by atoms with Gasteiger partial charge in [-0.05, 0) is 18.2 Å². The largest absolute Gasteiger partial charge is 0.482 e. The number of amides is 2. The van der Waals surface area contributed by atoms with Crippen molar-refractivity contribution in [2.75, 3.05) is 18.5 Å². The SMILES string of the molecule is CC(=O)NCC#Cc1ccc2c(c1)NC(=O)CO2. The normalized spacial score (nSPS) is 12.4. The van der Waals surface area contributed by atoms with E-state index in [9.17, 15) is 9.59 Å². The summed E-state index contributed by atoms with van der Waals surface area (Å²) in [5.74, 6) is 6.06. The van der Waals surface area contributed by atoms with Crippen molar-refractivity contribution in [1.29, 1.82) is 0 Å². The van der Waals surface area contributed by atoms with E-state index in [0.717, 1.165) is 5.56 Å². The number of nitrogens with one attached hydrogen (secondary N) is 2. The van der Waals surface area contributed by atoms with Crippen molar-refractivity contribution in [2.45, 2.75) is 6.92 Å². The van der Waals surface area contributed by atoms with Crippen LogP contribution in [0, 0.1) is 11.8 Å². The van der Waals surface area contributed by atoms with Gasteiger partial charge in [-0.3, -0.25) is 9.59 Å². The number of ether oxygens (including phenoxy) is 1. The summed E-state index contributed by atoms with van der Waals surface area (Å²) in [6.45, 7) is 1.78. The molecule has 2 amide bonds. The zero-order chi connectivity index (χ0) is 13.0. The van der Waals surface area contributed by atoms with Crippen molar-refractivity contribution in [3.8, 4) is 17.6 Å². The van der Waals surface area contributed by atoms with Crippen molar-refractivity contribution in [3.63, 3.8) is 0 Å². The molecule has 2 rings (SSSR count). The Morgan fingerprint density at radius 2 is 2.39 bits per heavy atom. The maximum Gasteiger partial charge on any atom is 0.262 e. The Labute approximate surface area is 105 Å². The minimum Gasteiger partial charge on any atom is -0.482 e. The Bertz CT molecular complexity index is 555. The van der Waals surface area contributed by atoms with Crippen molar-refractivity contribution in [1.82, 2.24) is 5.32 Å². The third kappa shape index (κ3) is 3.01. The number of carbonyl (C=O) groups excluding carboxylic acids is 2. The first-order chi connectivity index (χ1) is 8.65. The van der Waals surface area contributed by atoms with E-state index in [-0.39, 0.29) is 18.4 Å². The highest BCUT2D eigenvalue weighted by Crippen LogP contribution is 2.27. The lowest BCUT2D eigenvalue weighted by atomic mass is 10.1. The summed E-state index contributed by atoms with van der Waals surface area (Å²) in [7, 11) is 0.